The fraction of sp³-hybridized carbons (Fsp3) is 0. The molecule has 0 bridgehead atoms. The van der Waals surface area contributed by atoms with Crippen molar-refractivity contribution in [3.8, 4) is 11.4 Å². The zero-order valence-corrected chi connectivity index (χ0v) is 31.3. The second-order valence-corrected chi connectivity index (χ2v) is 13.9. The summed E-state index contributed by atoms with van der Waals surface area (Å²) < 4.78 is 0. The molecular formula is C49H34N6O4. The molecule has 0 saturated heterocycles. The van der Waals surface area contributed by atoms with Gasteiger partial charge >= 0.3 is 0 Å². The number of hydrogen-bond donors (Lipinski definition) is 5. The summed E-state index contributed by atoms with van der Waals surface area (Å²) in [5.41, 5.74) is 6.62. The van der Waals surface area contributed by atoms with Crippen LogP contribution in [0, 0.1) is 0 Å². The number of nitrogens with zero attached hydrogens (tertiary/aromatic N) is 1. The number of H-pyrrole nitrogens is 1. The van der Waals surface area contributed by atoms with E-state index in [9.17, 15) is 19.2 Å². The Morgan fingerprint density at radius 2 is 0.831 bits per heavy atom. The number of amides is 4. The predicted octanol–water partition coefficient (Wildman–Crippen LogP) is 10.5. The number of imidazole rings is 1. The zero-order valence-electron chi connectivity index (χ0n) is 31.3. The number of aromatic nitrogens is 2. The monoisotopic (exact) mass is 770 g/mol. The van der Waals surface area contributed by atoms with Gasteiger partial charge in [0.2, 0.25) is 0 Å². The normalized spacial score (nSPS) is 11.0. The summed E-state index contributed by atoms with van der Waals surface area (Å²) in [5.74, 6) is -0.416. The molecule has 1 heterocycles. The minimum atomic E-state index is -0.302. The first-order valence-corrected chi connectivity index (χ1v) is 18.9. The maximum Gasteiger partial charge on any atom is 0.256 e. The molecule has 8 aromatic carbocycles. The van der Waals surface area contributed by atoms with Gasteiger partial charge in [-0.15, -0.1) is 0 Å². The molecule has 4 amide bonds. The van der Waals surface area contributed by atoms with Gasteiger partial charge in [-0.3, -0.25) is 19.2 Å². The lowest BCUT2D eigenvalue weighted by Crippen LogP contribution is -2.14. The molecule has 0 aliphatic heterocycles. The van der Waals surface area contributed by atoms with Crippen LogP contribution in [0.3, 0.4) is 0 Å². The summed E-state index contributed by atoms with van der Waals surface area (Å²) >= 11 is 0. The molecule has 0 unspecified atom stereocenters. The molecule has 5 N–H and O–H groups in total. The minimum Gasteiger partial charge on any atom is -0.338 e. The van der Waals surface area contributed by atoms with E-state index in [-0.39, 0.29) is 23.6 Å². The van der Waals surface area contributed by atoms with Gasteiger partial charge in [0, 0.05) is 50.6 Å². The van der Waals surface area contributed by atoms with Crippen molar-refractivity contribution >= 4 is 79.0 Å². The van der Waals surface area contributed by atoms with E-state index in [2.05, 4.69) is 26.3 Å². The molecule has 1 aromatic heterocycles. The number of fused-ring (bicyclic) bond motifs is 3. The summed E-state index contributed by atoms with van der Waals surface area (Å²) in [5, 5.41) is 15.4. The van der Waals surface area contributed by atoms with Crippen LogP contribution in [0.4, 0.5) is 22.7 Å². The van der Waals surface area contributed by atoms with Crippen molar-refractivity contribution in [3.05, 3.63) is 198 Å². The largest absolute Gasteiger partial charge is 0.338 e. The second-order valence-electron chi connectivity index (χ2n) is 13.9. The maximum absolute atomic E-state index is 13.1. The van der Waals surface area contributed by atoms with Crippen LogP contribution < -0.4 is 21.3 Å². The highest BCUT2D eigenvalue weighted by Crippen LogP contribution is 2.26. The Balaban J connectivity index is 0.800. The van der Waals surface area contributed by atoms with Crippen LogP contribution in [0.25, 0.3) is 44.0 Å². The number of carbonyl (C=O) groups is 4. The molecular weight excluding hydrogens is 737 g/mol. The topological polar surface area (TPSA) is 145 Å². The van der Waals surface area contributed by atoms with Crippen LogP contribution in [0.1, 0.15) is 41.4 Å². The molecule has 0 saturated carbocycles. The lowest BCUT2D eigenvalue weighted by Gasteiger charge is -2.09. The van der Waals surface area contributed by atoms with Crippen LogP contribution >= 0.6 is 0 Å². The van der Waals surface area contributed by atoms with Crippen molar-refractivity contribution in [1.82, 2.24) is 9.97 Å². The van der Waals surface area contributed by atoms with Gasteiger partial charge in [0.15, 0.2) is 0 Å². The number of benzene rings is 8. The van der Waals surface area contributed by atoms with Crippen molar-refractivity contribution in [2.75, 3.05) is 21.3 Å². The maximum atomic E-state index is 13.1. The highest BCUT2D eigenvalue weighted by molar-refractivity contribution is 6.14. The Hall–Kier alpha value is -8.37. The van der Waals surface area contributed by atoms with E-state index < -0.39 is 0 Å². The van der Waals surface area contributed by atoms with E-state index in [1.807, 2.05) is 91.0 Å². The fourth-order valence-electron chi connectivity index (χ4n) is 6.99. The molecule has 284 valence electrons. The minimum absolute atomic E-state index is 0.226. The number of carbonyl (C=O) groups excluding carboxylic acids is 4. The zero-order chi connectivity index (χ0) is 40.3. The molecule has 0 atom stereocenters. The van der Waals surface area contributed by atoms with Gasteiger partial charge in [-0.1, -0.05) is 72.8 Å². The molecule has 9 aromatic rings. The highest BCUT2D eigenvalue weighted by Gasteiger charge is 2.14. The first kappa shape index (κ1) is 36.3. The van der Waals surface area contributed by atoms with E-state index in [1.54, 1.807) is 84.9 Å². The van der Waals surface area contributed by atoms with Gasteiger partial charge in [-0.05, 0) is 125 Å². The average Bonchev–Trinajstić information content (AvgIpc) is 3.70. The molecule has 59 heavy (non-hydrogen) atoms. The number of hydrogen-bond acceptors (Lipinski definition) is 5. The molecule has 0 radical (unpaired) electrons. The molecule has 0 fully saturated rings. The van der Waals surface area contributed by atoms with Gasteiger partial charge in [-0.25, -0.2) is 4.98 Å². The van der Waals surface area contributed by atoms with Crippen LogP contribution in [0.5, 0.6) is 0 Å². The molecule has 0 spiro atoms. The Morgan fingerprint density at radius 1 is 0.407 bits per heavy atom. The SMILES string of the molecule is O=C(Nc1ccc(-c2nc3cc(NC(=O)c4ccc(NC(=O)c5cccc6ccccc56)cc4)ccc3[nH]2)cc1)c1ccc(NC(=O)c2cccc3ccccc23)cc1. The van der Waals surface area contributed by atoms with E-state index in [4.69, 9.17) is 4.98 Å². The summed E-state index contributed by atoms with van der Waals surface area (Å²) in [6, 6.07) is 52.9. The third kappa shape index (κ3) is 7.74. The van der Waals surface area contributed by atoms with Crippen LogP contribution in [0.15, 0.2) is 176 Å². The highest BCUT2D eigenvalue weighted by atomic mass is 16.2. The van der Waals surface area contributed by atoms with Crippen molar-refractivity contribution in [2.45, 2.75) is 0 Å². The van der Waals surface area contributed by atoms with Gasteiger partial charge in [0.1, 0.15) is 5.82 Å². The smallest absolute Gasteiger partial charge is 0.256 e. The average molecular weight is 771 g/mol. The van der Waals surface area contributed by atoms with Crippen LogP contribution in [-0.4, -0.2) is 33.6 Å². The number of rotatable bonds is 9. The molecule has 0 aliphatic rings. The van der Waals surface area contributed by atoms with Crippen molar-refractivity contribution in [1.29, 1.82) is 0 Å². The van der Waals surface area contributed by atoms with Gasteiger partial charge < -0.3 is 26.3 Å². The van der Waals surface area contributed by atoms with E-state index in [0.29, 0.717) is 56.3 Å². The molecule has 10 heteroatoms. The van der Waals surface area contributed by atoms with E-state index >= 15 is 0 Å². The lowest BCUT2D eigenvalue weighted by molar-refractivity contribution is 0.101. The quantitative estimate of drug-likeness (QED) is 0.0992. The van der Waals surface area contributed by atoms with Crippen molar-refractivity contribution in [3.63, 3.8) is 0 Å². The summed E-state index contributed by atoms with van der Waals surface area (Å²) in [7, 11) is 0. The third-order valence-electron chi connectivity index (χ3n) is 10.0. The molecule has 10 nitrogen and oxygen atoms in total. The van der Waals surface area contributed by atoms with Gasteiger partial charge in [0.25, 0.3) is 23.6 Å². The van der Waals surface area contributed by atoms with Crippen LogP contribution in [0.2, 0.25) is 0 Å². The summed E-state index contributed by atoms with van der Waals surface area (Å²) in [6.07, 6.45) is 0. The first-order chi connectivity index (χ1) is 28.8. The Bertz CT molecular complexity index is 3050. The fourth-order valence-corrected chi connectivity index (χ4v) is 6.99. The Kier molecular flexibility index (Phi) is 9.62. The molecule has 9 rings (SSSR count). The van der Waals surface area contributed by atoms with E-state index in [1.165, 1.54) is 0 Å². The Labute approximate surface area is 337 Å². The summed E-state index contributed by atoms with van der Waals surface area (Å²) in [4.78, 5) is 60.4. The van der Waals surface area contributed by atoms with Crippen LogP contribution in [-0.2, 0) is 0 Å². The second kappa shape index (κ2) is 15.6. The number of aromatic amines is 1. The van der Waals surface area contributed by atoms with E-state index in [0.717, 1.165) is 32.6 Å². The first-order valence-electron chi connectivity index (χ1n) is 18.9. The third-order valence-corrected chi connectivity index (χ3v) is 10.0. The van der Waals surface area contributed by atoms with Crippen molar-refractivity contribution in [2.24, 2.45) is 0 Å². The number of nitrogens with one attached hydrogen (secondary N) is 5. The van der Waals surface area contributed by atoms with Gasteiger partial charge in [-0.2, -0.15) is 0 Å². The van der Waals surface area contributed by atoms with Gasteiger partial charge in [0.05, 0.1) is 11.0 Å². The number of anilines is 4. The predicted molar refractivity (Wildman–Crippen MR) is 234 cm³/mol. The Morgan fingerprint density at radius 3 is 1.36 bits per heavy atom. The molecule has 0 aliphatic carbocycles. The summed E-state index contributed by atoms with van der Waals surface area (Å²) in [6.45, 7) is 0. The standard InChI is InChI=1S/C49H34N6O4/c56-46(33-17-23-36(24-18-33)51-48(58)41-13-5-9-30-7-1-3-11-39(30)41)50-35-21-15-32(16-22-35)45-54-43-28-27-38(29-44(43)55-45)53-47(57)34-19-25-37(26-20-34)52-49(59)42-14-6-10-31-8-2-4-12-40(31)42/h1-29H,(H,50,56)(H,51,58)(H,52,59)(H,53,57)(H,54,55). The van der Waals surface area contributed by atoms with Crippen molar-refractivity contribution < 1.29 is 19.2 Å². The lowest BCUT2D eigenvalue weighted by atomic mass is 10.0.